The van der Waals surface area contributed by atoms with Gasteiger partial charge in [0.25, 0.3) is 0 Å². The van der Waals surface area contributed by atoms with Crippen molar-refractivity contribution in [3.05, 3.63) is 132 Å². The molecule has 0 spiro atoms. The number of aromatic nitrogens is 4. The van der Waals surface area contributed by atoms with Gasteiger partial charge in [-0.1, -0.05) is 24.3 Å². The monoisotopic (exact) mass is 877 g/mol. The van der Waals surface area contributed by atoms with Crippen LogP contribution >= 0.6 is 0 Å². The summed E-state index contributed by atoms with van der Waals surface area (Å²) in [5.74, 6) is -0.984. The number of fused-ring (bicyclic) bond motifs is 2. The summed E-state index contributed by atoms with van der Waals surface area (Å²) >= 11 is 0. The zero-order valence-corrected chi connectivity index (χ0v) is 36.9. The van der Waals surface area contributed by atoms with Crippen LogP contribution in [0.4, 0.5) is 0 Å². The van der Waals surface area contributed by atoms with E-state index in [1.54, 1.807) is 24.8 Å². The Morgan fingerprint density at radius 2 is 1.03 bits per heavy atom. The molecule has 2 aliphatic heterocycles. The van der Waals surface area contributed by atoms with Crippen LogP contribution in [0.5, 0.6) is 0 Å². The van der Waals surface area contributed by atoms with Crippen LogP contribution in [0.15, 0.2) is 109 Å². The third-order valence-electron chi connectivity index (χ3n) is 11.5. The first-order chi connectivity index (χ1) is 31.3. The number of nitrogens with zero attached hydrogens (tertiary/aromatic N) is 10. The Balaban J connectivity index is 1.02. The Bertz CT molecular complexity index is 2030. The molecule has 64 heavy (non-hydrogen) atoms. The van der Waals surface area contributed by atoms with Gasteiger partial charge in [0, 0.05) is 160 Å². The topological polar surface area (TPSA) is 187 Å². The molecular weight excluding hydrogens is 813 g/mol. The smallest absolute Gasteiger partial charge is 0.317 e. The van der Waals surface area contributed by atoms with Crippen molar-refractivity contribution in [2.24, 2.45) is 0 Å². The summed E-state index contributed by atoms with van der Waals surface area (Å²) in [5, 5.41) is 27.3. The molecule has 17 heteroatoms. The number of hydrogen-bond donors (Lipinski definition) is 4. The van der Waals surface area contributed by atoms with Gasteiger partial charge in [0.2, 0.25) is 11.8 Å². The van der Waals surface area contributed by atoms with Crippen LogP contribution in [0.3, 0.4) is 0 Å². The number of amides is 2. The fourth-order valence-electron chi connectivity index (χ4n) is 7.95. The minimum atomic E-state index is -0.955. The second-order valence-corrected chi connectivity index (χ2v) is 16.3. The summed E-state index contributed by atoms with van der Waals surface area (Å²) in [6.07, 6.45) is 9.13. The third-order valence-corrected chi connectivity index (χ3v) is 11.5. The van der Waals surface area contributed by atoms with Crippen molar-refractivity contribution in [1.29, 1.82) is 0 Å². The van der Waals surface area contributed by atoms with Crippen molar-refractivity contribution >= 4 is 17.8 Å². The molecule has 1 saturated heterocycles. The number of aliphatic carboxylic acids is 1. The molecular formula is C47H64N12O5. The minimum absolute atomic E-state index is 0.0249. The lowest BCUT2D eigenvalue weighted by Crippen LogP contribution is -2.51. The molecule has 17 nitrogen and oxygen atoms in total. The number of aliphatic hydroxyl groups is 1. The van der Waals surface area contributed by atoms with Crippen molar-refractivity contribution in [2.75, 3.05) is 111 Å². The molecule has 0 radical (unpaired) electrons. The summed E-state index contributed by atoms with van der Waals surface area (Å²) < 4.78 is 0. The molecule has 0 saturated carbocycles. The van der Waals surface area contributed by atoms with E-state index in [1.165, 1.54) is 0 Å². The van der Waals surface area contributed by atoms with E-state index in [9.17, 15) is 24.6 Å². The Labute approximate surface area is 376 Å². The Morgan fingerprint density at radius 1 is 0.562 bits per heavy atom. The van der Waals surface area contributed by atoms with Crippen LogP contribution in [0.1, 0.15) is 29.2 Å². The highest BCUT2D eigenvalue weighted by atomic mass is 16.4. The molecule has 1 unspecified atom stereocenters. The van der Waals surface area contributed by atoms with E-state index < -0.39 is 5.97 Å². The molecule has 0 aromatic carbocycles. The fourth-order valence-corrected chi connectivity index (χ4v) is 7.95. The molecule has 1 atom stereocenters. The highest BCUT2D eigenvalue weighted by molar-refractivity contribution is 5.78. The number of carboxylic acid groups (broad SMARTS) is 1. The molecule has 6 rings (SSSR count). The van der Waals surface area contributed by atoms with E-state index in [2.05, 4.69) is 50.2 Å². The maximum absolute atomic E-state index is 13.6. The normalized spacial score (nSPS) is 16.6. The van der Waals surface area contributed by atoms with Crippen molar-refractivity contribution < 1.29 is 24.6 Å². The van der Waals surface area contributed by atoms with Gasteiger partial charge in [-0.25, -0.2) is 0 Å². The van der Waals surface area contributed by atoms with Gasteiger partial charge in [0.05, 0.1) is 36.7 Å². The van der Waals surface area contributed by atoms with Crippen molar-refractivity contribution in [1.82, 2.24) is 60.0 Å². The van der Waals surface area contributed by atoms with Crippen LogP contribution in [-0.4, -0.2) is 189 Å². The van der Waals surface area contributed by atoms with Crippen molar-refractivity contribution in [3.63, 3.8) is 0 Å². The Hall–Kier alpha value is -5.85. The summed E-state index contributed by atoms with van der Waals surface area (Å²) in [5.41, 5.74) is 4.58. The lowest BCUT2D eigenvalue weighted by Gasteiger charge is -2.38. The Morgan fingerprint density at radius 3 is 1.53 bits per heavy atom. The van der Waals surface area contributed by atoms with Crippen molar-refractivity contribution in [2.45, 2.75) is 32.4 Å². The zero-order valence-electron chi connectivity index (χ0n) is 36.9. The van der Waals surface area contributed by atoms with E-state index in [-0.39, 0.29) is 37.2 Å². The van der Waals surface area contributed by atoms with Gasteiger partial charge >= 0.3 is 5.97 Å². The fraction of sp³-hybridized carbons (Fsp3) is 0.468. The molecule has 4 N–H and O–H groups in total. The number of pyridine rings is 4. The number of carboxylic acids is 1. The Kier molecular flexibility index (Phi) is 19.4. The summed E-state index contributed by atoms with van der Waals surface area (Å²) in [4.78, 5) is 69.6. The molecule has 4 aromatic heterocycles. The molecule has 342 valence electrons. The second-order valence-electron chi connectivity index (χ2n) is 16.3. The van der Waals surface area contributed by atoms with Crippen LogP contribution in [-0.2, 0) is 40.3 Å². The standard InChI is InChI=1S/C47H64N12O5/c60-44-15-24-56-27-28-57(36-45(61)52-20-25-54(33-41-11-3-7-18-50-41)22-13-39-9-1-5-16-48-39)29-30-58(38-47(63)64)31-32-59(43(44)35-56)37-46(62)53-21-26-55(34-42-12-4-8-19-51-42)23-14-40-10-2-6-17-49-40/h1-12,16-19,60H,13-15,20-38H2,(H,52,61)(H,53,62)(H,63,64). The quantitative estimate of drug-likeness (QED) is 0.0895. The molecule has 1 fully saturated rings. The highest BCUT2D eigenvalue weighted by Crippen LogP contribution is 2.20. The largest absolute Gasteiger partial charge is 0.510 e. The van der Waals surface area contributed by atoms with Crippen molar-refractivity contribution in [3.8, 4) is 0 Å². The molecule has 2 bridgehead atoms. The number of nitrogens with one attached hydrogen (secondary N) is 2. The SMILES string of the molecule is O=C(O)CN1CCN(CC(=O)NCCN(CCc2ccccn2)Cc2ccccn2)CCN2CCC(O)=C(C2)N(CC(=O)NCCN(CCc2ccccn2)Cc2ccccn2)CC1. The lowest BCUT2D eigenvalue weighted by atomic mass is 10.1. The summed E-state index contributed by atoms with van der Waals surface area (Å²) in [7, 11) is 0. The van der Waals surface area contributed by atoms with Crippen LogP contribution in [0.2, 0.25) is 0 Å². The number of rotatable bonds is 22. The maximum Gasteiger partial charge on any atom is 0.317 e. The zero-order chi connectivity index (χ0) is 44.8. The number of carbonyl (C=O) groups is 3. The van der Waals surface area contributed by atoms with Gasteiger partial charge < -0.3 is 25.7 Å². The third kappa shape index (κ3) is 17.0. The first-order valence-corrected chi connectivity index (χ1v) is 22.4. The summed E-state index contributed by atoms with van der Waals surface area (Å²) in [6.45, 7) is 8.84. The van der Waals surface area contributed by atoms with Gasteiger partial charge in [-0.2, -0.15) is 0 Å². The molecule has 0 aliphatic carbocycles. The summed E-state index contributed by atoms with van der Waals surface area (Å²) in [6, 6.07) is 23.5. The predicted octanol–water partition coefficient (Wildman–Crippen LogP) is 1.77. The number of hydrogen-bond acceptors (Lipinski definition) is 14. The van der Waals surface area contributed by atoms with Gasteiger partial charge in [-0.05, 0) is 48.5 Å². The van der Waals surface area contributed by atoms with E-state index in [4.69, 9.17) is 0 Å². The first kappa shape index (κ1) is 47.6. The molecule has 2 amide bonds. The molecule has 2 aliphatic rings. The van der Waals surface area contributed by atoms with E-state index in [0.717, 1.165) is 48.7 Å². The van der Waals surface area contributed by atoms with Gasteiger partial charge in [-0.3, -0.25) is 58.8 Å². The van der Waals surface area contributed by atoms with Gasteiger partial charge in [0.1, 0.15) is 5.76 Å². The van der Waals surface area contributed by atoms with Gasteiger partial charge in [-0.15, -0.1) is 0 Å². The average molecular weight is 877 g/mol. The second kappa shape index (κ2) is 26.1. The molecule has 6 heterocycles. The van der Waals surface area contributed by atoms with Gasteiger partial charge in [0.15, 0.2) is 0 Å². The van der Waals surface area contributed by atoms with Crippen LogP contribution in [0.25, 0.3) is 0 Å². The molecule has 4 aromatic rings. The highest BCUT2D eigenvalue weighted by Gasteiger charge is 2.27. The predicted molar refractivity (Wildman–Crippen MR) is 244 cm³/mol. The van der Waals surface area contributed by atoms with E-state index in [1.807, 2.05) is 82.6 Å². The maximum atomic E-state index is 13.6. The van der Waals surface area contributed by atoms with Crippen LogP contribution < -0.4 is 10.6 Å². The number of carbonyl (C=O) groups excluding carboxylic acids is 2. The lowest BCUT2D eigenvalue weighted by molar-refractivity contribution is -0.138. The average Bonchev–Trinajstić information content (AvgIpc) is 3.30. The first-order valence-electron chi connectivity index (χ1n) is 22.4. The van der Waals surface area contributed by atoms with E-state index in [0.29, 0.717) is 104 Å². The van der Waals surface area contributed by atoms with Crippen LogP contribution in [0, 0.1) is 0 Å². The number of aliphatic hydroxyl groups excluding tert-OH is 1. The minimum Gasteiger partial charge on any atom is -0.510 e. The van der Waals surface area contributed by atoms with E-state index >= 15 is 0 Å².